The van der Waals surface area contributed by atoms with Crippen molar-refractivity contribution in [3.8, 4) is 0 Å². The molecule has 0 heteroatoms. The van der Waals surface area contributed by atoms with Crippen LogP contribution in [0.3, 0.4) is 0 Å². The zero-order chi connectivity index (χ0) is 15.1. The van der Waals surface area contributed by atoms with E-state index in [1.54, 1.807) is 16.7 Å². The topological polar surface area (TPSA) is 0 Å². The normalized spacial score (nSPS) is 14.1. The summed E-state index contributed by atoms with van der Waals surface area (Å²) in [5.74, 6) is 0. The van der Waals surface area contributed by atoms with Crippen LogP contribution in [0.1, 0.15) is 50.1 Å². The van der Waals surface area contributed by atoms with E-state index in [1.165, 1.54) is 59.1 Å². The van der Waals surface area contributed by atoms with E-state index in [0.29, 0.717) is 0 Å². The highest BCUT2D eigenvalue weighted by molar-refractivity contribution is 5.51. The van der Waals surface area contributed by atoms with Gasteiger partial charge in [-0.1, -0.05) is 18.2 Å². The van der Waals surface area contributed by atoms with E-state index in [-0.39, 0.29) is 0 Å². The van der Waals surface area contributed by atoms with Crippen LogP contribution < -0.4 is 0 Å². The van der Waals surface area contributed by atoms with Crippen LogP contribution in [0.5, 0.6) is 0 Å². The molecule has 0 nitrogen and oxygen atoms in total. The first-order chi connectivity index (χ1) is 10.0. The standard InChI is InChI=1S/C21H26/c1-13-14(2)20-11-9-18-7-6-8-19(16(18)4)10-12-21(15(13)3)17(20)5/h6-8H,9-12H2,1-5H3. The third-order valence-electron chi connectivity index (χ3n) is 5.78. The summed E-state index contributed by atoms with van der Waals surface area (Å²) < 4.78 is 0. The highest BCUT2D eigenvalue weighted by Gasteiger charge is 2.17. The van der Waals surface area contributed by atoms with Crippen molar-refractivity contribution in [3.63, 3.8) is 0 Å². The monoisotopic (exact) mass is 278 g/mol. The van der Waals surface area contributed by atoms with Crippen LogP contribution in [0.25, 0.3) is 0 Å². The van der Waals surface area contributed by atoms with Crippen LogP contribution in [0.4, 0.5) is 0 Å². The van der Waals surface area contributed by atoms with Gasteiger partial charge < -0.3 is 0 Å². The average Bonchev–Trinajstić information content (AvgIpc) is 2.46. The molecule has 0 unspecified atom stereocenters. The minimum Gasteiger partial charge on any atom is -0.0617 e. The predicted molar refractivity (Wildman–Crippen MR) is 91.4 cm³/mol. The number of fused-ring (bicyclic) bond motifs is 4. The molecule has 4 bridgehead atoms. The molecule has 2 aromatic rings. The molecule has 1 aliphatic carbocycles. The summed E-state index contributed by atoms with van der Waals surface area (Å²) in [7, 11) is 0. The van der Waals surface area contributed by atoms with Gasteiger partial charge in [0, 0.05) is 0 Å². The highest BCUT2D eigenvalue weighted by atomic mass is 14.2. The molecule has 0 amide bonds. The summed E-state index contributed by atoms with van der Waals surface area (Å²) in [6.45, 7) is 11.6. The third kappa shape index (κ3) is 2.31. The molecular weight excluding hydrogens is 252 g/mol. The van der Waals surface area contributed by atoms with Gasteiger partial charge in [-0.15, -0.1) is 0 Å². The number of aryl methyl sites for hydroxylation is 2. The summed E-state index contributed by atoms with van der Waals surface area (Å²) >= 11 is 0. The number of rotatable bonds is 0. The highest BCUT2D eigenvalue weighted by Crippen LogP contribution is 2.31. The van der Waals surface area contributed by atoms with Crippen molar-refractivity contribution in [1.82, 2.24) is 0 Å². The molecular formula is C21H26. The Hall–Kier alpha value is -1.56. The van der Waals surface area contributed by atoms with Gasteiger partial charge in [0.25, 0.3) is 0 Å². The summed E-state index contributed by atoms with van der Waals surface area (Å²) in [5.41, 5.74) is 13.9. The molecule has 0 radical (unpaired) electrons. The third-order valence-corrected chi connectivity index (χ3v) is 5.78. The lowest BCUT2D eigenvalue weighted by atomic mass is 9.82. The Bertz CT molecular complexity index is 651. The van der Waals surface area contributed by atoms with Crippen LogP contribution in [-0.4, -0.2) is 0 Å². The van der Waals surface area contributed by atoms with Gasteiger partial charge in [-0.2, -0.15) is 0 Å². The zero-order valence-electron chi connectivity index (χ0n) is 14.1. The Morgan fingerprint density at radius 1 is 0.524 bits per heavy atom. The summed E-state index contributed by atoms with van der Waals surface area (Å²) in [5, 5.41) is 0. The fourth-order valence-electron chi connectivity index (χ4n) is 4.03. The molecule has 0 fully saturated rings. The van der Waals surface area contributed by atoms with E-state index < -0.39 is 0 Å². The van der Waals surface area contributed by atoms with E-state index in [4.69, 9.17) is 0 Å². The molecule has 0 saturated carbocycles. The molecule has 0 saturated heterocycles. The maximum absolute atomic E-state index is 2.34. The Morgan fingerprint density at radius 3 is 1.48 bits per heavy atom. The maximum atomic E-state index is 2.34. The van der Waals surface area contributed by atoms with Crippen LogP contribution in [0.15, 0.2) is 18.2 Å². The molecule has 0 spiro atoms. The Balaban J connectivity index is 2.18. The second-order valence-corrected chi connectivity index (χ2v) is 6.66. The van der Waals surface area contributed by atoms with Crippen molar-refractivity contribution in [3.05, 3.63) is 68.3 Å². The number of hydrogen-bond donors (Lipinski definition) is 0. The van der Waals surface area contributed by atoms with Crippen LogP contribution >= 0.6 is 0 Å². The summed E-state index contributed by atoms with van der Waals surface area (Å²) in [6.07, 6.45) is 4.69. The van der Waals surface area contributed by atoms with Gasteiger partial charge >= 0.3 is 0 Å². The van der Waals surface area contributed by atoms with Crippen molar-refractivity contribution >= 4 is 0 Å². The lowest BCUT2D eigenvalue weighted by molar-refractivity contribution is 0.857. The predicted octanol–water partition coefficient (Wildman–Crippen LogP) is 5.11. The molecule has 0 aromatic heterocycles. The first kappa shape index (κ1) is 14.4. The molecule has 0 N–H and O–H groups in total. The van der Waals surface area contributed by atoms with E-state index >= 15 is 0 Å². The van der Waals surface area contributed by atoms with Gasteiger partial charge in [-0.3, -0.25) is 0 Å². The minimum atomic E-state index is 1.17. The van der Waals surface area contributed by atoms with E-state index in [1.807, 2.05) is 0 Å². The van der Waals surface area contributed by atoms with Gasteiger partial charge in [-0.25, -0.2) is 0 Å². The first-order valence-electron chi connectivity index (χ1n) is 8.16. The largest absolute Gasteiger partial charge is 0.0617 e. The molecule has 0 heterocycles. The first-order valence-corrected chi connectivity index (χ1v) is 8.16. The molecule has 0 atom stereocenters. The number of hydrogen-bond acceptors (Lipinski definition) is 0. The van der Waals surface area contributed by atoms with Crippen LogP contribution in [-0.2, 0) is 25.7 Å². The fraction of sp³-hybridized carbons (Fsp3) is 0.429. The van der Waals surface area contributed by atoms with Crippen molar-refractivity contribution in [1.29, 1.82) is 0 Å². The summed E-state index contributed by atoms with van der Waals surface area (Å²) in [4.78, 5) is 0. The van der Waals surface area contributed by atoms with Crippen molar-refractivity contribution in [2.75, 3.05) is 0 Å². The zero-order valence-corrected chi connectivity index (χ0v) is 14.1. The Labute approximate surface area is 129 Å². The lowest BCUT2D eigenvalue weighted by Crippen LogP contribution is -2.10. The SMILES string of the molecule is Cc1c2cccc1CCc1c(C)c(C)c(C)c(c1C)CC2. The average molecular weight is 278 g/mol. The number of benzene rings is 2. The summed E-state index contributed by atoms with van der Waals surface area (Å²) in [6, 6.07) is 6.87. The fourth-order valence-corrected chi connectivity index (χ4v) is 4.03. The molecule has 2 aromatic carbocycles. The van der Waals surface area contributed by atoms with Crippen molar-refractivity contribution in [2.45, 2.75) is 60.3 Å². The van der Waals surface area contributed by atoms with Crippen molar-refractivity contribution < 1.29 is 0 Å². The van der Waals surface area contributed by atoms with Gasteiger partial charge in [0.15, 0.2) is 0 Å². The molecule has 0 aliphatic heterocycles. The van der Waals surface area contributed by atoms with Crippen LogP contribution in [0.2, 0.25) is 0 Å². The molecule has 3 rings (SSSR count). The molecule has 110 valence electrons. The smallest absolute Gasteiger partial charge is 0.0233 e. The van der Waals surface area contributed by atoms with Gasteiger partial charge in [-0.05, 0) is 110 Å². The second-order valence-electron chi connectivity index (χ2n) is 6.66. The van der Waals surface area contributed by atoms with E-state index in [9.17, 15) is 0 Å². The van der Waals surface area contributed by atoms with Gasteiger partial charge in [0.2, 0.25) is 0 Å². The minimum absolute atomic E-state index is 1.17. The quantitative estimate of drug-likeness (QED) is 0.628. The molecule has 1 aliphatic rings. The Kier molecular flexibility index (Phi) is 3.65. The lowest BCUT2D eigenvalue weighted by Gasteiger charge is -2.23. The van der Waals surface area contributed by atoms with E-state index in [0.717, 1.165) is 0 Å². The second kappa shape index (κ2) is 5.33. The van der Waals surface area contributed by atoms with E-state index in [2.05, 4.69) is 52.8 Å². The van der Waals surface area contributed by atoms with Crippen LogP contribution in [0, 0.1) is 34.6 Å². The van der Waals surface area contributed by atoms with Crippen molar-refractivity contribution in [2.24, 2.45) is 0 Å². The molecule has 21 heavy (non-hydrogen) atoms. The van der Waals surface area contributed by atoms with Gasteiger partial charge in [0.1, 0.15) is 0 Å². The maximum Gasteiger partial charge on any atom is -0.0233 e. The van der Waals surface area contributed by atoms with Gasteiger partial charge in [0.05, 0.1) is 0 Å². The Morgan fingerprint density at radius 2 is 1.00 bits per heavy atom.